The molecule has 0 saturated heterocycles. The second-order valence-corrected chi connectivity index (χ2v) is 5.48. The van der Waals surface area contributed by atoms with Crippen molar-refractivity contribution in [3.05, 3.63) is 77.9 Å². The summed E-state index contributed by atoms with van der Waals surface area (Å²) in [6.45, 7) is 2.16. The number of fused-ring (bicyclic) bond motifs is 1. The van der Waals surface area contributed by atoms with E-state index in [1.807, 2.05) is 37.3 Å². The second-order valence-electron chi connectivity index (χ2n) is 5.48. The van der Waals surface area contributed by atoms with Gasteiger partial charge in [0.2, 0.25) is 0 Å². The van der Waals surface area contributed by atoms with Gasteiger partial charge in [0.1, 0.15) is 5.75 Å². The highest BCUT2D eigenvalue weighted by atomic mass is 16.5. The molecule has 0 amide bonds. The molecule has 3 aromatic carbocycles. The third-order valence-corrected chi connectivity index (χ3v) is 3.83. The Hall–Kier alpha value is -3.14. The number of hydrogen-bond donors (Lipinski definition) is 0. The summed E-state index contributed by atoms with van der Waals surface area (Å²) in [5, 5.41) is 1.76. The van der Waals surface area contributed by atoms with Crippen LogP contribution in [0.5, 0.6) is 5.75 Å². The highest BCUT2D eigenvalue weighted by molar-refractivity contribution is 6.05. The zero-order chi connectivity index (χ0) is 17.6. The summed E-state index contributed by atoms with van der Waals surface area (Å²) >= 11 is 0. The molecule has 0 radical (unpaired) electrons. The number of ketones is 1. The van der Waals surface area contributed by atoms with Crippen LogP contribution >= 0.6 is 0 Å². The van der Waals surface area contributed by atoms with Gasteiger partial charge < -0.3 is 9.47 Å². The van der Waals surface area contributed by atoms with E-state index < -0.39 is 5.97 Å². The number of benzene rings is 3. The summed E-state index contributed by atoms with van der Waals surface area (Å²) in [6, 6.07) is 19.8. The Morgan fingerprint density at radius 1 is 0.880 bits per heavy atom. The fourth-order valence-corrected chi connectivity index (χ4v) is 2.60. The molecule has 0 aliphatic heterocycles. The lowest BCUT2D eigenvalue weighted by Crippen LogP contribution is -2.14. The molecule has 3 aromatic rings. The van der Waals surface area contributed by atoms with Gasteiger partial charge >= 0.3 is 5.97 Å². The normalized spacial score (nSPS) is 10.4. The zero-order valence-electron chi connectivity index (χ0n) is 13.9. The Morgan fingerprint density at radius 2 is 1.60 bits per heavy atom. The first-order valence-electron chi connectivity index (χ1n) is 8.10. The Balaban J connectivity index is 1.68. The topological polar surface area (TPSA) is 52.6 Å². The van der Waals surface area contributed by atoms with Crippen LogP contribution in [0.15, 0.2) is 66.7 Å². The van der Waals surface area contributed by atoms with Crippen LogP contribution in [-0.4, -0.2) is 25.0 Å². The van der Waals surface area contributed by atoms with Crippen LogP contribution in [0, 0.1) is 0 Å². The lowest BCUT2D eigenvalue weighted by Gasteiger charge is -2.08. The van der Waals surface area contributed by atoms with Gasteiger partial charge in [-0.1, -0.05) is 36.4 Å². The Morgan fingerprint density at radius 3 is 2.36 bits per heavy atom. The highest BCUT2D eigenvalue weighted by Crippen LogP contribution is 2.19. The van der Waals surface area contributed by atoms with Gasteiger partial charge in [0, 0.05) is 5.56 Å². The molecule has 126 valence electrons. The smallest absolute Gasteiger partial charge is 0.339 e. The first-order chi connectivity index (χ1) is 12.2. The van der Waals surface area contributed by atoms with Crippen molar-refractivity contribution < 1.29 is 19.1 Å². The molecule has 0 aliphatic rings. The van der Waals surface area contributed by atoms with Crippen LogP contribution in [0.25, 0.3) is 10.8 Å². The maximum atomic E-state index is 12.3. The number of rotatable bonds is 6. The predicted molar refractivity (Wildman–Crippen MR) is 96.2 cm³/mol. The average molecular weight is 334 g/mol. The van der Waals surface area contributed by atoms with E-state index in [2.05, 4.69) is 0 Å². The average Bonchev–Trinajstić information content (AvgIpc) is 2.66. The van der Waals surface area contributed by atoms with Crippen LogP contribution in [0.4, 0.5) is 0 Å². The molecule has 0 N–H and O–H groups in total. The Labute approximate surface area is 146 Å². The summed E-state index contributed by atoms with van der Waals surface area (Å²) in [6.07, 6.45) is 0. The molecular formula is C21H18O4. The predicted octanol–water partition coefficient (Wildman–Crippen LogP) is 4.28. The van der Waals surface area contributed by atoms with Gasteiger partial charge in [-0.25, -0.2) is 4.79 Å². The molecule has 0 unspecified atom stereocenters. The van der Waals surface area contributed by atoms with Crippen molar-refractivity contribution in [2.24, 2.45) is 0 Å². The molecule has 3 rings (SSSR count). The Bertz CT molecular complexity index is 892. The molecule has 4 nitrogen and oxygen atoms in total. The van der Waals surface area contributed by atoms with Crippen LogP contribution < -0.4 is 4.74 Å². The SMILES string of the molecule is CCOc1ccc(C(=O)COC(=O)c2cccc3ccccc23)cc1. The van der Waals surface area contributed by atoms with Gasteiger partial charge in [0.25, 0.3) is 0 Å². The van der Waals surface area contributed by atoms with E-state index in [1.54, 1.807) is 36.4 Å². The molecule has 0 aromatic heterocycles. The number of Topliss-reactive ketones (excluding diaryl/α,β-unsaturated/α-hetero) is 1. The summed E-state index contributed by atoms with van der Waals surface area (Å²) in [5.41, 5.74) is 0.937. The second kappa shape index (κ2) is 7.62. The van der Waals surface area contributed by atoms with E-state index in [4.69, 9.17) is 9.47 Å². The van der Waals surface area contributed by atoms with E-state index in [1.165, 1.54) is 0 Å². The molecule has 0 aliphatic carbocycles. The van der Waals surface area contributed by atoms with E-state index in [0.717, 1.165) is 10.8 Å². The molecule has 0 spiro atoms. The quantitative estimate of drug-likeness (QED) is 0.499. The van der Waals surface area contributed by atoms with Crippen molar-refractivity contribution >= 4 is 22.5 Å². The van der Waals surface area contributed by atoms with Gasteiger partial charge in [0.05, 0.1) is 12.2 Å². The van der Waals surface area contributed by atoms with Crippen molar-refractivity contribution in [1.29, 1.82) is 0 Å². The van der Waals surface area contributed by atoms with E-state index in [0.29, 0.717) is 23.5 Å². The Kier molecular flexibility index (Phi) is 5.09. The lowest BCUT2D eigenvalue weighted by molar-refractivity contribution is 0.0476. The fraction of sp³-hybridized carbons (Fsp3) is 0.143. The highest BCUT2D eigenvalue weighted by Gasteiger charge is 2.14. The number of carbonyl (C=O) groups excluding carboxylic acids is 2. The van der Waals surface area contributed by atoms with Crippen LogP contribution in [-0.2, 0) is 4.74 Å². The number of carbonyl (C=O) groups is 2. The van der Waals surface area contributed by atoms with Crippen LogP contribution in [0.2, 0.25) is 0 Å². The zero-order valence-corrected chi connectivity index (χ0v) is 13.9. The molecule has 0 fully saturated rings. The van der Waals surface area contributed by atoms with Gasteiger partial charge in [-0.3, -0.25) is 4.79 Å². The number of esters is 1. The molecule has 0 heterocycles. The van der Waals surface area contributed by atoms with E-state index in [-0.39, 0.29) is 12.4 Å². The molecule has 0 bridgehead atoms. The van der Waals surface area contributed by atoms with Crippen molar-refractivity contribution in [1.82, 2.24) is 0 Å². The molecule has 0 saturated carbocycles. The maximum absolute atomic E-state index is 12.3. The van der Waals surface area contributed by atoms with Gasteiger partial charge in [-0.15, -0.1) is 0 Å². The minimum Gasteiger partial charge on any atom is -0.494 e. The van der Waals surface area contributed by atoms with Crippen molar-refractivity contribution in [2.75, 3.05) is 13.2 Å². The third-order valence-electron chi connectivity index (χ3n) is 3.83. The molecule has 25 heavy (non-hydrogen) atoms. The van der Waals surface area contributed by atoms with Crippen LogP contribution in [0.1, 0.15) is 27.6 Å². The number of ether oxygens (including phenoxy) is 2. The van der Waals surface area contributed by atoms with Gasteiger partial charge in [-0.2, -0.15) is 0 Å². The summed E-state index contributed by atoms with van der Waals surface area (Å²) in [7, 11) is 0. The van der Waals surface area contributed by atoms with Gasteiger partial charge in [-0.05, 0) is 48.0 Å². The minimum absolute atomic E-state index is 0.253. The summed E-state index contributed by atoms with van der Waals surface area (Å²) < 4.78 is 10.6. The van der Waals surface area contributed by atoms with E-state index >= 15 is 0 Å². The minimum atomic E-state index is -0.504. The molecule has 4 heteroatoms. The van der Waals surface area contributed by atoms with Gasteiger partial charge in [0.15, 0.2) is 12.4 Å². The van der Waals surface area contributed by atoms with Crippen LogP contribution in [0.3, 0.4) is 0 Å². The molecule has 0 atom stereocenters. The summed E-state index contributed by atoms with van der Waals surface area (Å²) in [4.78, 5) is 24.5. The van der Waals surface area contributed by atoms with E-state index in [9.17, 15) is 9.59 Å². The first-order valence-corrected chi connectivity index (χ1v) is 8.10. The maximum Gasteiger partial charge on any atom is 0.339 e. The summed E-state index contributed by atoms with van der Waals surface area (Å²) in [5.74, 6) is -0.0560. The van der Waals surface area contributed by atoms with Crippen molar-refractivity contribution in [3.8, 4) is 5.75 Å². The fourth-order valence-electron chi connectivity index (χ4n) is 2.60. The van der Waals surface area contributed by atoms with Crippen molar-refractivity contribution in [3.63, 3.8) is 0 Å². The first kappa shape index (κ1) is 16.7. The monoisotopic (exact) mass is 334 g/mol. The standard InChI is InChI=1S/C21H18O4/c1-2-24-17-12-10-16(11-13-17)20(22)14-25-21(23)19-9-5-7-15-6-3-4-8-18(15)19/h3-13H,2,14H2,1H3. The van der Waals surface area contributed by atoms with Crippen molar-refractivity contribution in [2.45, 2.75) is 6.92 Å². The third kappa shape index (κ3) is 3.86. The lowest BCUT2D eigenvalue weighted by atomic mass is 10.0. The molecular weight excluding hydrogens is 316 g/mol. The number of hydrogen-bond acceptors (Lipinski definition) is 4. The largest absolute Gasteiger partial charge is 0.494 e.